The van der Waals surface area contributed by atoms with E-state index in [4.69, 9.17) is 5.84 Å². The van der Waals surface area contributed by atoms with Crippen molar-refractivity contribution in [1.82, 2.24) is 10.3 Å². The van der Waals surface area contributed by atoms with Gasteiger partial charge in [-0.3, -0.25) is 15.6 Å². The summed E-state index contributed by atoms with van der Waals surface area (Å²) in [5, 5.41) is 3.01. The van der Waals surface area contributed by atoms with Crippen LogP contribution in [0.2, 0.25) is 0 Å². The van der Waals surface area contributed by atoms with Gasteiger partial charge in [-0.1, -0.05) is 6.92 Å². The highest BCUT2D eigenvalue weighted by molar-refractivity contribution is 5.93. The highest BCUT2D eigenvalue weighted by atomic mass is 16.1. The molecule has 92 valence electrons. The smallest absolute Gasteiger partial charge is 0.270 e. The van der Waals surface area contributed by atoms with Gasteiger partial charge >= 0.3 is 0 Å². The van der Waals surface area contributed by atoms with Crippen LogP contribution < -0.4 is 16.6 Å². The molecular formula is C12H18N4O. The van der Waals surface area contributed by atoms with Crippen molar-refractivity contribution in [2.24, 2.45) is 11.8 Å². The molecule has 1 aliphatic rings. The second-order valence-corrected chi connectivity index (χ2v) is 4.66. The summed E-state index contributed by atoms with van der Waals surface area (Å²) in [6.45, 7) is 2.21. The summed E-state index contributed by atoms with van der Waals surface area (Å²) in [5.74, 6) is 5.87. The predicted molar refractivity (Wildman–Crippen MR) is 66.3 cm³/mol. The lowest BCUT2D eigenvalue weighted by atomic mass is 10.1. The second kappa shape index (κ2) is 5.14. The van der Waals surface area contributed by atoms with Crippen LogP contribution in [0, 0.1) is 5.92 Å². The minimum atomic E-state index is -0.124. The van der Waals surface area contributed by atoms with Crippen LogP contribution in [0.25, 0.3) is 0 Å². The van der Waals surface area contributed by atoms with Crippen molar-refractivity contribution in [3.63, 3.8) is 0 Å². The van der Waals surface area contributed by atoms with Crippen LogP contribution in [0.3, 0.4) is 0 Å². The fraction of sp³-hybridized carbons (Fsp3) is 0.500. The van der Waals surface area contributed by atoms with E-state index in [0.29, 0.717) is 17.3 Å². The number of nitrogen functional groups attached to an aromatic ring is 1. The van der Waals surface area contributed by atoms with Crippen LogP contribution in [0.4, 0.5) is 5.69 Å². The summed E-state index contributed by atoms with van der Waals surface area (Å²) in [6, 6.07) is 3.65. The molecule has 17 heavy (non-hydrogen) atoms. The molecule has 1 saturated carbocycles. The lowest BCUT2D eigenvalue weighted by molar-refractivity contribution is 0.0932. The molecule has 2 atom stereocenters. The zero-order valence-corrected chi connectivity index (χ0v) is 9.94. The molecule has 1 amide bonds. The molecular weight excluding hydrogens is 216 g/mol. The molecule has 0 saturated heterocycles. The molecule has 0 spiro atoms. The van der Waals surface area contributed by atoms with Crippen LogP contribution in [0.1, 0.15) is 36.7 Å². The number of hydrogen-bond acceptors (Lipinski definition) is 4. The Labute approximate surface area is 101 Å². The van der Waals surface area contributed by atoms with Crippen molar-refractivity contribution in [3.05, 3.63) is 24.0 Å². The largest absolute Gasteiger partial charge is 0.348 e. The van der Waals surface area contributed by atoms with E-state index in [-0.39, 0.29) is 11.9 Å². The number of hydrogen-bond donors (Lipinski definition) is 3. The third kappa shape index (κ3) is 2.94. The Morgan fingerprint density at radius 2 is 2.35 bits per heavy atom. The van der Waals surface area contributed by atoms with Crippen LogP contribution in [-0.4, -0.2) is 16.9 Å². The Bertz CT molecular complexity index is 407. The van der Waals surface area contributed by atoms with Crippen molar-refractivity contribution in [3.8, 4) is 0 Å². The molecule has 0 aromatic carbocycles. The lowest BCUT2D eigenvalue weighted by Crippen LogP contribution is -2.33. The summed E-state index contributed by atoms with van der Waals surface area (Å²) in [4.78, 5) is 16.0. The highest BCUT2D eigenvalue weighted by Crippen LogP contribution is 2.24. The molecule has 2 rings (SSSR count). The summed E-state index contributed by atoms with van der Waals surface area (Å²) < 4.78 is 0. The van der Waals surface area contributed by atoms with E-state index >= 15 is 0 Å². The van der Waals surface area contributed by atoms with Crippen LogP contribution in [0.15, 0.2) is 18.3 Å². The van der Waals surface area contributed by atoms with Crippen molar-refractivity contribution < 1.29 is 4.79 Å². The van der Waals surface area contributed by atoms with E-state index in [1.54, 1.807) is 18.3 Å². The highest BCUT2D eigenvalue weighted by Gasteiger charge is 2.23. The first-order valence-electron chi connectivity index (χ1n) is 5.92. The fourth-order valence-corrected chi connectivity index (χ4v) is 2.24. The van der Waals surface area contributed by atoms with Crippen LogP contribution >= 0.6 is 0 Å². The summed E-state index contributed by atoms with van der Waals surface area (Å²) >= 11 is 0. The molecule has 1 aliphatic carbocycles. The fourth-order valence-electron chi connectivity index (χ4n) is 2.24. The van der Waals surface area contributed by atoms with Gasteiger partial charge in [0.15, 0.2) is 0 Å². The molecule has 0 radical (unpaired) electrons. The Morgan fingerprint density at radius 1 is 1.53 bits per heavy atom. The lowest BCUT2D eigenvalue weighted by Gasteiger charge is -2.12. The number of rotatable bonds is 3. The third-order valence-corrected chi connectivity index (χ3v) is 3.19. The van der Waals surface area contributed by atoms with E-state index in [0.717, 1.165) is 12.8 Å². The first-order valence-corrected chi connectivity index (χ1v) is 5.92. The summed E-state index contributed by atoms with van der Waals surface area (Å²) in [6.07, 6.45) is 4.87. The van der Waals surface area contributed by atoms with E-state index in [9.17, 15) is 4.79 Å². The SMILES string of the molecule is CC1CCC(NC(=O)c2cc(NN)ccn2)C1. The maximum absolute atomic E-state index is 11.9. The molecule has 0 bridgehead atoms. The molecule has 1 heterocycles. The van der Waals surface area contributed by atoms with E-state index in [1.807, 2.05) is 0 Å². The minimum absolute atomic E-state index is 0.124. The van der Waals surface area contributed by atoms with Gasteiger partial charge in [-0.05, 0) is 37.3 Å². The third-order valence-electron chi connectivity index (χ3n) is 3.19. The van der Waals surface area contributed by atoms with Gasteiger partial charge in [0.05, 0.1) is 5.69 Å². The van der Waals surface area contributed by atoms with E-state index < -0.39 is 0 Å². The van der Waals surface area contributed by atoms with E-state index in [1.165, 1.54) is 6.42 Å². The van der Waals surface area contributed by atoms with Crippen molar-refractivity contribution in [2.75, 3.05) is 5.43 Å². The first-order chi connectivity index (χ1) is 8.19. The Morgan fingerprint density at radius 3 is 3.00 bits per heavy atom. The van der Waals surface area contributed by atoms with Gasteiger partial charge < -0.3 is 10.7 Å². The number of amides is 1. The van der Waals surface area contributed by atoms with Gasteiger partial charge in [0.2, 0.25) is 0 Å². The molecule has 4 N–H and O–H groups in total. The number of nitrogens with two attached hydrogens (primary N) is 1. The number of carbonyl (C=O) groups is 1. The van der Waals surface area contributed by atoms with Gasteiger partial charge in [-0.25, -0.2) is 0 Å². The summed E-state index contributed by atoms with van der Waals surface area (Å²) in [7, 11) is 0. The van der Waals surface area contributed by atoms with Gasteiger partial charge in [-0.15, -0.1) is 0 Å². The number of aromatic nitrogens is 1. The van der Waals surface area contributed by atoms with Gasteiger partial charge in [0.1, 0.15) is 5.69 Å². The minimum Gasteiger partial charge on any atom is -0.348 e. The second-order valence-electron chi connectivity index (χ2n) is 4.66. The molecule has 1 aromatic heterocycles. The zero-order valence-electron chi connectivity index (χ0n) is 9.94. The van der Waals surface area contributed by atoms with Crippen molar-refractivity contribution in [1.29, 1.82) is 0 Å². The number of hydrazine groups is 1. The average molecular weight is 234 g/mol. The van der Waals surface area contributed by atoms with Crippen molar-refractivity contribution in [2.45, 2.75) is 32.2 Å². The Hall–Kier alpha value is -1.62. The average Bonchev–Trinajstić information content (AvgIpc) is 2.75. The normalized spacial score (nSPS) is 23.4. The Balaban J connectivity index is 1.99. The number of nitrogens with one attached hydrogen (secondary N) is 2. The number of carbonyl (C=O) groups excluding carboxylic acids is 1. The van der Waals surface area contributed by atoms with Crippen LogP contribution in [-0.2, 0) is 0 Å². The first kappa shape index (κ1) is 11.9. The molecule has 1 fully saturated rings. The van der Waals surface area contributed by atoms with Crippen LogP contribution in [0.5, 0.6) is 0 Å². The molecule has 0 aliphatic heterocycles. The Kier molecular flexibility index (Phi) is 3.58. The molecule has 5 heteroatoms. The monoisotopic (exact) mass is 234 g/mol. The van der Waals surface area contributed by atoms with Crippen molar-refractivity contribution >= 4 is 11.6 Å². The van der Waals surface area contributed by atoms with Gasteiger partial charge in [0, 0.05) is 12.2 Å². The maximum Gasteiger partial charge on any atom is 0.270 e. The number of nitrogens with zero attached hydrogens (tertiary/aromatic N) is 1. The quantitative estimate of drug-likeness (QED) is 0.544. The standard InChI is InChI=1S/C12H18N4O/c1-8-2-3-9(6-8)15-12(17)11-7-10(16-13)4-5-14-11/h4-5,7-9H,2-3,6,13H2,1H3,(H,14,16)(H,15,17). The maximum atomic E-state index is 11.9. The van der Waals surface area contributed by atoms with Gasteiger partial charge in [0.25, 0.3) is 5.91 Å². The zero-order chi connectivity index (χ0) is 12.3. The van der Waals surface area contributed by atoms with E-state index in [2.05, 4.69) is 22.7 Å². The number of anilines is 1. The predicted octanol–water partition coefficient (Wildman–Crippen LogP) is 1.29. The molecule has 5 nitrogen and oxygen atoms in total. The topological polar surface area (TPSA) is 80.0 Å². The molecule has 2 unspecified atom stereocenters. The summed E-state index contributed by atoms with van der Waals surface area (Å²) in [5.41, 5.74) is 3.59. The van der Waals surface area contributed by atoms with Gasteiger partial charge in [-0.2, -0.15) is 0 Å². The molecule has 1 aromatic rings. The number of pyridine rings is 1.